The molecule has 158 valence electrons. The van der Waals surface area contributed by atoms with E-state index in [1.165, 1.54) is 4.31 Å². The van der Waals surface area contributed by atoms with Crippen LogP contribution in [-0.2, 0) is 29.4 Å². The van der Waals surface area contributed by atoms with Crippen molar-refractivity contribution in [1.29, 1.82) is 0 Å². The molecule has 3 rings (SSSR count). The summed E-state index contributed by atoms with van der Waals surface area (Å²) >= 11 is 0. The van der Waals surface area contributed by atoms with Crippen molar-refractivity contribution in [1.82, 2.24) is 25.4 Å². The van der Waals surface area contributed by atoms with E-state index in [1.807, 2.05) is 42.7 Å². The molecule has 2 aromatic rings. The second kappa shape index (κ2) is 9.73. The number of hydrogen-bond donors (Lipinski definition) is 2. The van der Waals surface area contributed by atoms with E-state index in [0.717, 1.165) is 29.9 Å². The molecule has 29 heavy (non-hydrogen) atoms. The molecule has 10 heteroatoms. The van der Waals surface area contributed by atoms with Crippen molar-refractivity contribution in [2.75, 3.05) is 36.2 Å². The molecule has 1 aromatic heterocycles. The molecule has 0 saturated heterocycles. The Morgan fingerprint density at radius 1 is 1.24 bits per heavy atom. The van der Waals surface area contributed by atoms with E-state index in [1.54, 1.807) is 6.33 Å². The predicted molar refractivity (Wildman–Crippen MR) is 115 cm³/mol. The van der Waals surface area contributed by atoms with Crippen LogP contribution in [-0.4, -0.2) is 61.1 Å². The van der Waals surface area contributed by atoms with Gasteiger partial charge in [0.25, 0.3) is 0 Å². The summed E-state index contributed by atoms with van der Waals surface area (Å²) in [4.78, 5) is 4.44. The third-order valence-electron chi connectivity index (χ3n) is 4.80. The first-order valence-corrected chi connectivity index (χ1v) is 11.6. The van der Waals surface area contributed by atoms with Crippen molar-refractivity contribution < 1.29 is 8.42 Å². The van der Waals surface area contributed by atoms with Gasteiger partial charge in [-0.15, -0.1) is 10.2 Å². The Morgan fingerprint density at radius 2 is 2.07 bits per heavy atom. The number of nitrogens with one attached hydrogen (secondary N) is 2. The van der Waals surface area contributed by atoms with Crippen LogP contribution in [0.3, 0.4) is 0 Å². The van der Waals surface area contributed by atoms with Gasteiger partial charge in [0.05, 0.1) is 18.0 Å². The van der Waals surface area contributed by atoms with Gasteiger partial charge in [-0.25, -0.2) is 8.42 Å². The number of sulfonamides is 1. The molecule has 0 spiro atoms. The molecule has 0 unspecified atom stereocenters. The Labute approximate surface area is 172 Å². The molecule has 0 radical (unpaired) electrons. The van der Waals surface area contributed by atoms with Crippen molar-refractivity contribution in [3.05, 3.63) is 42.0 Å². The second-order valence-corrected chi connectivity index (χ2v) is 8.76. The Morgan fingerprint density at radius 3 is 2.86 bits per heavy atom. The summed E-state index contributed by atoms with van der Waals surface area (Å²) in [5.41, 5.74) is 1.87. The van der Waals surface area contributed by atoms with Crippen molar-refractivity contribution in [2.45, 2.75) is 33.2 Å². The van der Waals surface area contributed by atoms with E-state index in [-0.39, 0.29) is 12.3 Å². The van der Waals surface area contributed by atoms with Crippen LogP contribution in [0.4, 0.5) is 5.69 Å². The van der Waals surface area contributed by atoms with Crippen LogP contribution in [0, 0.1) is 0 Å². The molecular formula is C19H29N7O2S. The van der Waals surface area contributed by atoms with Crippen molar-refractivity contribution in [3.8, 4) is 0 Å². The molecule has 1 aliphatic heterocycles. The Bertz CT molecular complexity index is 940. The lowest BCUT2D eigenvalue weighted by atomic mass is 10.2. The van der Waals surface area contributed by atoms with Crippen LogP contribution in [0.1, 0.15) is 25.2 Å². The highest BCUT2D eigenvalue weighted by molar-refractivity contribution is 7.92. The zero-order valence-corrected chi connectivity index (χ0v) is 17.8. The molecule has 2 N–H and O–H groups in total. The molecule has 0 atom stereocenters. The van der Waals surface area contributed by atoms with E-state index in [4.69, 9.17) is 0 Å². The first kappa shape index (κ1) is 21.1. The van der Waals surface area contributed by atoms with Crippen LogP contribution in [0.25, 0.3) is 0 Å². The molecule has 9 nitrogen and oxygen atoms in total. The fourth-order valence-corrected chi connectivity index (χ4v) is 4.75. The zero-order valence-electron chi connectivity index (χ0n) is 17.0. The van der Waals surface area contributed by atoms with Crippen LogP contribution in [0.5, 0.6) is 0 Å². The van der Waals surface area contributed by atoms with Crippen LogP contribution in [0.15, 0.2) is 35.6 Å². The summed E-state index contributed by atoms with van der Waals surface area (Å²) in [6, 6.07) is 7.66. The molecule has 0 bridgehead atoms. The number of rotatable bonds is 9. The first-order valence-electron chi connectivity index (χ1n) is 10.0. The van der Waals surface area contributed by atoms with Gasteiger partial charge in [-0.3, -0.25) is 9.30 Å². The third kappa shape index (κ3) is 5.26. The summed E-state index contributed by atoms with van der Waals surface area (Å²) in [5.74, 6) is 1.52. The summed E-state index contributed by atoms with van der Waals surface area (Å²) in [6.45, 7) is 6.77. The number of para-hydroxylation sites is 1. The fraction of sp³-hybridized carbons (Fsp3) is 0.526. The molecule has 0 amide bonds. The topological polar surface area (TPSA) is 105 Å². The first-order chi connectivity index (χ1) is 14.0. The highest BCUT2D eigenvalue weighted by Crippen LogP contribution is 2.29. The number of guanidine groups is 1. The van der Waals surface area contributed by atoms with Crippen molar-refractivity contribution in [3.63, 3.8) is 0 Å². The molecule has 2 heterocycles. The number of anilines is 1. The minimum absolute atomic E-state index is 0.0245. The maximum atomic E-state index is 12.8. The molecule has 1 aromatic carbocycles. The van der Waals surface area contributed by atoms with Gasteiger partial charge in [0.2, 0.25) is 10.0 Å². The largest absolute Gasteiger partial charge is 0.357 e. The van der Waals surface area contributed by atoms with E-state index in [2.05, 4.69) is 25.8 Å². The average molecular weight is 420 g/mol. The van der Waals surface area contributed by atoms with E-state index >= 15 is 0 Å². The Hall–Kier alpha value is -2.62. The number of aliphatic imine (C=N–C) groups is 1. The minimum atomic E-state index is -3.40. The average Bonchev–Trinajstić information content (AvgIpc) is 3.34. The van der Waals surface area contributed by atoms with Gasteiger partial charge in [0.1, 0.15) is 12.2 Å². The number of nitrogens with zero attached hydrogens (tertiary/aromatic N) is 5. The monoisotopic (exact) mass is 419 g/mol. The molecule has 0 aliphatic carbocycles. The van der Waals surface area contributed by atoms with Gasteiger partial charge < -0.3 is 15.2 Å². The number of benzene rings is 1. The highest BCUT2D eigenvalue weighted by atomic mass is 32.2. The normalized spacial score (nSPS) is 14.1. The number of hydrogen-bond acceptors (Lipinski definition) is 5. The summed E-state index contributed by atoms with van der Waals surface area (Å²) in [7, 11) is -3.40. The summed E-state index contributed by atoms with van der Waals surface area (Å²) in [6.07, 6.45) is 3.29. The van der Waals surface area contributed by atoms with E-state index < -0.39 is 10.0 Å². The van der Waals surface area contributed by atoms with Gasteiger partial charge >= 0.3 is 0 Å². The van der Waals surface area contributed by atoms with E-state index in [0.29, 0.717) is 32.1 Å². The molecule has 0 fully saturated rings. The van der Waals surface area contributed by atoms with Gasteiger partial charge in [0.15, 0.2) is 5.96 Å². The molecular weight excluding hydrogens is 390 g/mol. The smallest absolute Gasteiger partial charge is 0.237 e. The lowest BCUT2D eigenvalue weighted by Gasteiger charge is -2.19. The van der Waals surface area contributed by atoms with Gasteiger partial charge in [-0.2, -0.15) is 0 Å². The zero-order chi connectivity index (χ0) is 20.7. The SMILES string of the molecule is CCNC(=NCCS(=O)(=O)N1CCc2ccccc21)NCCn1cnnc1CC. The molecule has 1 aliphatic rings. The number of fused-ring (bicyclic) bond motifs is 1. The number of aromatic nitrogens is 3. The van der Waals surface area contributed by atoms with Crippen LogP contribution >= 0.6 is 0 Å². The lowest BCUT2D eigenvalue weighted by Crippen LogP contribution is -2.39. The van der Waals surface area contributed by atoms with Crippen molar-refractivity contribution >= 4 is 21.7 Å². The van der Waals surface area contributed by atoms with Crippen LogP contribution < -0.4 is 14.9 Å². The third-order valence-corrected chi connectivity index (χ3v) is 6.55. The quantitative estimate of drug-likeness (QED) is 0.460. The van der Waals surface area contributed by atoms with Gasteiger partial charge in [-0.05, 0) is 25.0 Å². The Balaban J connectivity index is 1.54. The van der Waals surface area contributed by atoms with Gasteiger partial charge in [0, 0.05) is 32.6 Å². The predicted octanol–water partition coefficient (Wildman–Crippen LogP) is 0.788. The maximum absolute atomic E-state index is 12.8. The standard InChI is InChI=1S/C19H29N7O2S/c1-3-18-24-23-15-25(18)13-10-21-19(20-4-2)22-11-14-29(27,28)26-12-9-16-7-5-6-8-17(16)26/h5-8,15H,3-4,9-14H2,1-2H3,(H2,20,21,22). The van der Waals surface area contributed by atoms with Crippen molar-refractivity contribution in [2.24, 2.45) is 4.99 Å². The number of aryl methyl sites for hydroxylation is 1. The molecule has 0 saturated carbocycles. The van der Waals surface area contributed by atoms with Crippen LogP contribution in [0.2, 0.25) is 0 Å². The second-order valence-electron chi connectivity index (χ2n) is 6.75. The fourth-order valence-electron chi connectivity index (χ4n) is 3.36. The van der Waals surface area contributed by atoms with E-state index in [9.17, 15) is 8.42 Å². The maximum Gasteiger partial charge on any atom is 0.237 e. The summed E-state index contributed by atoms with van der Waals surface area (Å²) in [5, 5.41) is 14.4. The lowest BCUT2D eigenvalue weighted by molar-refractivity contribution is 0.592. The van der Waals surface area contributed by atoms with Gasteiger partial charge in [-0.1, -0.05) is 25.1 Å². The Kier molecular flexibility index (Phi) is 7.08. The summed E-state index contributed by atoms with van der Waals surface area (Å²) < 4.78 is 29.0. The highest BCUT2D eigenvalue weighted by Gasteiger charge is 2.28. The minimum Gasteiger partial charge on any atom is -0.357 e.